The molecule has 0 radical (unpaired) electrons. The van der Waals surface area contributed by atoms with Gasteiger partial charge >= 0.3 is 0 Å². The van der Waals surface area contributed by atoms with E-state index in [1.807, 2.05) is 30.3 Å². The van der Waals surface area contributed by atoms with Crippen LogP contribution in [0.15, 0.2) is 58.6 Å². The number of fused-ring (bicyclic) bond motifs is 1. The topological polar surface area (TPSA) is 75.0 Å². The van der Waals surface area contributed by atoms with Crippen LogP contribution in [0.3, 0.4) is 0 Å². The molecule has 6 heteroatoms. The van der Waals surface area contributed by atoms with Crippen LogP contribution in [0.2, 0.25) is 0 Å². The van der Waals surface area contributed by atoms with Crippen molar-refractivity contribution in [1.82, 2.24) is 15.3 Å². The van der Waals surface area contributed by atoms with Gasteiger partial charge in [-0.15, -0.1) is 0 Å². The molecule has 0 spiro atoms. The van der Waals surface area contributed by atoms with E-state index >= 15 is 0 Å². The van der Waals surface area contributed by atoms with E-state index in [9.17, 15) is 0 Å². The number of nitrogens with one attached hydrogen (secondary N) is 3. The maximum atomic E-state index is 5.37. The molecule has 0 unspecified atom stereocenters. The number of rotatable bonds is 5. The number of hydrogen-bond acceptors (Lipinski definition) is 6. The Morgan fingerprint density at radius 2 is 1.85 bits per heavy atom. The number of hydrogen-bond donors (Lipinski definition) is 3. The Morgan fingerprint density at radius 3 is 2.62 bits per heavy atom. The molecule has 0 saturated heterocycles. The highest BCUT2D eigenvalue weighted by molar-refractivity contribution is 5.81. The summed E-state index contributed by atoms with van der Waals surface area (Å²) in [5.41, 5.74) is 4.31. The summed E-state index contributed by atoms with van der Waals surface area (Å²) in [4.78, 5) is 8.88. The first kappa shape index (κ1) is 16.4. The third-order valence-electron chi connectivity index (χ3n) is 4.16. The van der Waals surface area contributed by atoms with Crippen LogP contribution in [0, 0.1) is 0 Å². The lowest BCUT2D eigenvalue weighted by Gasteiger charge is -2.32. The van der Waals surface area contributed by atoms with Crippen LogP contribution < -0.4 is 16.0 Å². The van der Waals surface area contributed by atoms with Gasteiger partial charge in [-0.3, -0.25) is 0 Å². The molecule has 1 aliphatic rings. The van der Waals surface area contributed by atoms with E-state index in [2.05, 4.69) is 46.7 Å². The monoisotopic (exact) mass is 349 g/mol. The molecule has 3 N–H and O–H groups in total. The van der Waals surface area contributed by atoms with E-state index in [1.54, 1.807) is 12.5 Å². The van der Waals surface area contributed by atoms with Gasteiger partial charge in [-0.2, -0.15) is 4.98 Å². The van der Waals surface area contributed by atoms with Crippen molar-refractivity contribution in [2.75, 3.05) is 10.6 Å². The molecule has 26 heavy (non-hydrogen) atoms. The van der Waals surface area contributed by atoms with Crippen LogP contribution in [-0.4, -0.2) is 15.5 Å². The van der Waals surface area contributed by atoms with Crippen molar-refractivity contribution in [1.29, 1.82) is 0 Å². The molecule has 1 aromatic carbocycles. The van der Waals surface area contributed by atoms with Gasteiger partial charge in [0.1, 0.15) is 11.4 Å². The first-order chi connectivity index (χ1) is 12.5. The molecule has 1 aliphatic carbocycles. The van der Waals surface area contributed by atoms with Gasteiger partial charge in [0, 0.05) is 34.2 Å². The fraction of sp³-hybridized carbons (Fsp3) is 0.300. The number of allylic oxidation sites excluding steroid dienone is 2. The highest BCUT2D eigenvalue weighted by Gasteiger charge is 2.22. The Morgan fingerprint density at radius 1 is 1.00 bits per heavy atom. The van der Waals surface area contributed by atoms with Crippen molar-refractivity contribution < 1.29 is 4.42 Å². The first-order valence-corrected chi connectivity index (χ1v) is 8.81. The zero-order chi connectivity index (χ0) is 18.1. The van der Waals surface area contributed by atoms with Gasteiger partial charge in [-0.1, -0.05) is 0 Å². The second-order valence-corrected chi connectivity index (χ2v) is 7.52. The zero-order valence-corrected chi connectivity index (χ0v) is 15.3. The Hall–Kier alpha value is -3.02. The summed E-state index contributed by atoms with van der Waals surface area (Å²) in [5, 5.41) is 11.3. The van der Waals surface area contributed by atoms with Gasteiger partial charge in [-0.05, 0) is 63.9 Å². The molecule has 2 aromatic heterocycles. The summed E-state index contributed by atoms with van der Waals surface area (Å²) in [6.45, 7) is 6.50. The van der Waals surface area contributed by atoms with Crippen molar-refractivity contribution in [3.8, 4) is 0 Å². The van der Waals surface area contributed by atoms with Crippen molar-refractivity contribution in [3.63, 3.8) is 0 Å². The fourth-order valence-electron chi connectivity index (χ4n) is 2.92. The lowest BCUT2D eigenvalue weighted by molar-refractivity contribution is 0.446. The normalized spacial score (nSPS) is 14.3. The molecule has 0 aliphatic heterocycles. The van der Waals surface area contributed by atoms with Gasteiger partial charge in [0.2, 0.25) is 5.95 Å². The Kier molecular flexibility index (Phi) is 4.03. The van der Waals surface area contributed by atoms with Crippen LogP contribution >= 0.6 is 0 Å². The molecular formula is C20H23N5O. The third kappa shape index (κ3) is 3.64. The lowest BCUT2D eigenvalue weighted by Crippen LogP contribution is -2.38. The summed E-state index contributed by atoms with van der Waals surface area (Å²) in [7, 11) is 0. The van der Waals surface area contributed by atoms with Gasteiger partial charge < -0.3 is 20.4 Å². The predicted molar refractivity (Wildman–Crippen MR) is 104 cm³/mol. The SMILES string of the molecule is CC(C)(C)NC1=C(Nc2ccnc(Nc3ccc4occc4c3)n2)CC1. The Bertz CT molecular complexity index is 967. The molecule has 2 heterocycles. The summed E-state index contributed by atoms with van der Waals surface area (Å²) < 4.78 is 5.37. The third-order valence-corrected chi connectivity index (χ3v) is 4.16. The summed E-state index contributed by atoms with van der Waals surface area (Å²) in [6, 6.07) is 9.72. The average Bonchev–Trinajstić information content (AvgIpc) is 3.04. The highest BCUT2D eigenvalue weighted by Crippen LogP contribution is 2.28. The quantitative estimate of drug-likeness (QED) is 0.616. The number of anilines is 3. The Balaban J connectivity index is 1.49. The minimum Gasteiger partial charge on any atom is -0.464 e. The van der Waals surface area contributed by atoms with Crippen molar-refractivity contribution in [2.24, 2.45) is 0 Å². The van der Waals surface area contributed by atoms with E-state index in [-0.39, 0.29) is 5.54 Å². The van der Waals surface area contributed by atoms with Gasteiger partial charge in [-0.25, -0.2) is 4.98 Å². The van der Waals surface area contributed by atoms with E-state index < -0.39 is 0 Å². The smallest absolute Gasteiger partial charge is 0.229 e. The van der Waals surface area contributed by atoms with Crippen LogP contribution in [0.4, 0.5) is 17.5 Å². The van der Waals surface area contributed by atoms with Crippen molar-refractivity contribution >= 4 is 28.4 Å². The summed E-state index contributed by atoms with van der Waals surface area (Å²) in [5.74, 6) is 1.35. The van der Waals surface area contributed by atoms with E-state index in [1.165, 1.54) is 11.4 Å². The minimum absolute atomic E-state index is 0.0623. The highest BCUT2D eigenvalue weighted by atomic mass is 16.3. The lowest BCUT2D eigenvalue weighted by atomic mass is 9.97. The van der Waals surface area contributed by atoms with Gasteiger partial charge in [0.15, 0.2) is 0 Å². The molecule has 0 amide bonds. The van der Waals surface area contributed by atoms with E-state index in [0.717, 1.165) is 35.3 Å². The second-order valence-electron chi connectivity index (χ2n) is 7.52. The molecular weight excluding hydrogens is 326 g/mol. The average molecular weight is 349 g/mol. The van der Waals surface area contributed by atoms with Crippen molar-refractivity contribution in [2.45, 2.75) is 39.2 Å². The molecule has 0 bridgehead atoms. The molecule has 3 aromatic rings. The van der Waals surface area contributed by atoms with Crippen molar-refractivity contribution in [3.05, 3.63) is 54.2 Å². The number of aromatic nitrogens is 2. The first-order valence-electron chi connectivity index (χ1n) is 8.81. The summed E-state index contributed by atoms with van der Waals surface area (Å²) >= 11 is 0. The van der Waals surface area contributed by atoms with Crippen LogP contribution in [0.1, 0.15) is 33.6 Å². The minimum atomic E-state index is 0.0623. The van der Waals surface area contributed by atoms with Crippen LogP contribution in [0.25, 0.3) is 11.0 Å². The van der Waals surface area contributed by atoms with Crippen LogP contribution in [0.5, 0.6) is 0 Å². The Labute approximate surface area is 152 Å². The largest absolute Gasteiger partial charge is 0.464 e. The molecule has 0 fully saturated rings. The van der Waals surface area contributed by atoms with Gasteiger partial charge in [0.05, 0.1) is 6.26 Å². The van der Waals surface area contributed by atoms with Gasteiger partial charge in [0.25, 0.3) is 0 Å². The molecule has 0 saturated carbocycles. The standard InChI is InChI=1S/C20H23N5O/c1-20(2,3)25-16-6-5-15(16)23-18-8-10-21-19(24-18)22-14-4-7-17-13(12-14)9-11-26-17/h4,7-12,25H,5-6H2,1-3H3,(H2,21,22,23,24). The fourth-order valence-corrected chi connectivity index (χ4v) is 2.92. The second kappa shape index (κ2) is 6.37. The molecule has 4 rings (SSSR count). The number of benzene rings is 1. The van der Waals surface area contributed by atoms with E-state index in [0.29, 0.717) is 5.95 Å². The maximum Gasteiger partial charge on any atom is 0.229 e. The van der Waals surface area contributed by atoms with Crippen LogP contribution in [-0.2, 0) is 0 Å². The predicted octanol–water partition coefficient (Wildman–Crippen LogP) is 4.77. The van der Waals surface area contributed by atoms with E-state index in [4.69, 9.17) is 4.42 Å². The maximum absolute atomic E-state index is 5.37. The molecule has 6 nitrogen and oxygen atoms in total. The molecule has 0 atom stereocenters. The number of nitrogens with zero attached hydrogens (tertiary/aromatic N) is 2. The summed E-state index contributed by atoms with van der Waals surface area (Å²) in [6.07, 6.45) is 5.54. The molecule has 134 valence electrons. The zero-order valence-electron chi connectivity index (χ0n) is 15.3. The number of furan rings is 1.